The zero-order valence-electron chi connectivity index (χ0n) is 14.0. The summed E-state index contributed by atoms with van der Waals surface area (Å²) in [7, 11) is 0. The molecule has 1 heterocycles. The first-order valence-corrected chi connectivity index (χ1v) is 8.22. The van der Waals surface area contributed by atoms with Gasteiger partial charge in [-0.05, 0) is 31.0 Å². The van der Waals surface area contributed by atoms with Crippen LogP contribution in [0.3, 0.4) is 0 Å². The number of anilines is 1. The van der Waals surface area contributed by atoms with Crippen LogP contribution < -0.4 is 10.6 Å². The van der Waals surface area contributed by atoms with Crippen LogP contribution in [0.4, 0.5) is 23.7 Å². The molecule has 0 aromatic heterocycles. The fourth-order valence-electron chi connectivity index (χ4n) is 2.68. The first kappa shape index (κ1) is 20.0. The fourth-order valence-corrected chi connectivity index (χ4v) is 2.84. The van der Waals surface area contributed by atoms with Gasteiger partial charge in [0.2, 0.25) is 5.91 Å². The van der Waals surface area contributed by atoms with Crippen LogP contribution in [-0.2, 0) is 15.8 Å². The Bertz CT molecular complexity index is 748. The van der Waals surface area contributed by atoms with Crippen LogP contribution in [0.15, 0.2) is 18.2 Å². The molecule has 0 saturated carbocycles. The maximum atomic E-state index is 12.8. The van der Waals surface area contributed by atoms with E-state index in [9.17, 15) is 27.6 Å². The van der Waals surface area contributed by atoms with Crippen LogP contribution >= 0.6 is 11.6 Å². The summed E-state index contributed by atoms with van der Waals surface area (Å²) in [5.74, 6) is -1.38. The molecule has 1 fully saturated rings. The minimum atomic E-state index is -4.60. The predicted octanol–water partition coefficient (Wildman–Crippen LogP) is 3.41. The molecule has 0 spiro atoms. The molecular weight excluding hydrogens is 375 g/mol. The zero-order chi connectivity index (χ0) is 19.7. The largest absolute Gasteiger partial charge is 0.416 e. The van der Waals surface area contributed by atoms with E-state index in [4.69, 9.17) is 11.6 Å². The van der Waals surface area contributed by atoms with Gasteiger partial charge in [-0.2, -0.15) is 13.2 Å². The molecule has 0 radical (unpaired) electrons. The van der Waals surface area contributed by atoms with Gasteiger partial charge in [-0.3, -0.25) is 14.5 Å². The van der Waals surface area contributed by atoms with Gasteiger partial charge >= 0.3 is 12.2 Å². The molecule has 0 bridgehead atoms. The number of amides is 4. The first-order chi connectivity index (χ1) is 12.0. The van der Waals surface area contributed by atoms with E-state index in [-0.39, 0.29) is 10.7 Å². The summed E-state index contributed by atoms with van der Waals surface area (Å²) in [4.78, 5) is 37.3. The van der Waals surface area contributed by atoms with Crippen molar-refractivity contribution in [3.8, 4) is 0 Å². The third-order valence-electron chi connectivity index (χ3n) is 4.32. The van der Waals surface area contributed by atoms with Crippen molar-refractivity contribution in [3.05, 3.63) is 28.8 Å². The average Bonchev–Trinajstić information content (AvgIpc) is 2.80. The number of carbonyl (C=O) groups is 3. The van der Waals surface area contributed by atoms with Gasteiger partial charge in [0.1, 0.15) is 12.1 Å². The Morgan fingerprint density at radius 2 is 1.88 bits per heavy atom. The monoisotopic (exact) mass is 391 g/mol. The molecule has 0 atom stereocenters. The van der Waals surface area contributed by atoms with Gasteiger partial charge < -0.3 is 10.6 Å². The lowest BCUT2D eigenvalue weighted by Gasteiger charge is -2.23. The van der Waals surface area contributed by atoms with Gasteiger partial charge in [0, 0.05) is 0 Å². The van der Waals surface area contributed by atoms with Crippen LogP contribution in [0.25, 0.3) is 0 Å². The number of nitrogens with zero attached hydrogens (tertiary/aromatic N) is 1. The number of benzene rings is 1. The lowest BCUT2D eigenvalue weighted by atomic mass is 9.93. The molecule has 142 valence electrons. The molecule has 1 aliphatic heterocycles. The van der Waals surface area contributed by atoms with Crippen LogP contribution in [0.1, 0.15) is 32.3 Å². The van der Waals surface area contributed by atoms with Crippen LogP contribution in [0, 0.1) is 0 Å². The second kappa shape index (κ2) is 7.14. The highest BCUT2D eigenvalue weighted by Crippen LogP contribution is 2.34. The highest BCUT2D eigenvalue weighted by Gasteiger charge is 2.49. The van der Waals surface area contributed by atoms with E-state index in [2.05, 4.69) is 10.6 Å². The van der Waals surface area contributed by atoms with Gasteiger partial charge in [-0.1, -0.05) is 25.4 Å². The molecule has 4 amide bonds. The van der Waals surface area contributed by atoms with Gasteiger partial charge in [-0.25, -0.2) is 4.79 Å². The quantitative estimate of drug-likeness (QED) is 0.755. The smallest absolute Gasteiger partial charge is 0.323 e. The number of urea groups is 1. The maximum absolute atomic E-state index is 12.8. The Hall–Kier alpha value is -2.29. The number of alkyl halides is 3. The molecular formula is C16H17ClF3N3O3. The summed E-state index contributed by atoms with van der Waals surface area (Å²) in [6.07, 6.45) is -3.89. The van der Waals surface area contributed by atoms with Gasteiger partial charge in [-0.15, -0.1) is 0 Å². The topological polar surface area (TPSA) is 78.5 Å². The van der Waals surface area contributed by atoms with E-state index < -0.39 is 41.7 Å². The molecule has 1 aliphatic rings. The third kappa shape index (κ3) is 3.77. The minimum absolute atomic E-state index is 0.0972. The standard InChI is InChI=1S/C16H17ClF3N3O3/c1-3-15(4-2)13(25)23(14(26)22-15)8-12(24)21-11-7-9(16(18,19)20)5-6-10(11)17/h5-7H,3-4,8H2,1-2H3,(H,21,24)(H,22,26). The number of hydrogen-bond acceptors (Lipinski definition) is 3. The molecule has 26 heavy (non-hydrogen) atoms. The zero-order valence-corrected chi connectivity index (χ0v) is 14.8. The lowest BCUT2D eigenvalue weighted by Crippen LogP contribution is -2.46. The fraction of sp³-hybridized carbons (Fsp3) is 0.438. The number of rotatable bonds is 5. The van der Waals surface area contributed by atoms with Crippen molar-refractivity contribution in [1.82, 2.24) is 10.2 Å². The SMILES string of the molecule is CCC1(CC)NC(=O)N(CC(=O)Nc2cc(C(F)(F)F)ccc2Cl)C1=O. The first-order valence-electron chi connectivity index (χ1n) is 7.84. The van der Waals surface area contributed by atoms with E-state index in [1.165, 1.54) is 0 Å². The maximum Gasteiger partial charge on any atom is 0.416 e. The molecule has 10 heteroatoms. The lowest BCUT2D eigenvalue weighted by molar-refractivity contribution is -0.137. The van der Waals surface area contributed by atoms with E-state index in [0.717, 1.165) is 17.0 Å². The van der Waals surface area contributed by atoms with Crippen LogP contribution in [0.2, 0.25) is 5.02 Å². The van der Waals surface area contributed by atoms with Gasteiger partial charge in [0.05, 0.1) is 16.3 Å². The number of hydrogen-bond donors (Lipinski definition) is 2. The number of imide groups is 1. The predicted molar refractivity (Wildman–Crippen MR) is 88.6 cm³/mol. The summed E-state index contributed by atoms with van der Waals surface area (Å²) in [6, 6.07) is 1.76. The Balaban J connectivity index is 2.15. The van der Waals surface area contributed by atoms with Crippen molar-refractivity contribution < 1.29 is 27.6 Å². The molecule has 2 N–H and O–H groups in total. The number of halogens is 4. The normalized spacial score (nSPS) is 16.6. The van der Waals surface area contributed by atoms with E-state index in [0.29, 0.717) is 18.9 Å². The van der Waals surface area contributed by atoms with Crippen molar-refractivity contribution in [2.45, 2.75) is 38.4 Å². The Kier molecular flexibility index (Phi) is 5.50. The second-order valence-corrected chi connectivity index (χ2v) is 6.26. The van der Waals surface area contributed by atoms with Crippen molar-refractivity contribution in [3.63, 3.8) is 0 Å². The molecule has 0 aliphatic carbocycles. The third-order valence-corrected chi connectivity index (χ3v) is 4.65. The molecule has 1 aromatic rings. The molecule has 1 saturated heterocycles. The molecule has 1 aromatic carbocycles. The van der Waals surface area contributed by atoms with Crippen LogP contribution in [-0.4, -0.2) is 34.8 Å². The van der Waals surface area contributed by atoms with Gasteiger partial charge in [0.15, 0.2) is 0 Å². The van der Waals surface area contributed by atoms with E-state index >= 15 is 0 Å². The van der Waals surface area contributed by atoms with Crippen molar-refractivity contribution >= 4 is 35.1 Å². The second-order valence-electron chi connectivity index (χ2n) is 5.85. The van der Waals surface area contributed by atoms with Crippen molar-refractivity contribution in [1.29, 1.82) is 0 Å². The van der Waals surface area contributed by atoms with Gasteiger partial charge in [0.25, 0.3) is 5.91 Å². The molecule has 2 rings (SSSR count). The summed E-state index contributed by atoms with van der Waals surface area (Å²) >= 11 is 5.81. The van der Waals surface area contributed by atoms with Crippen molar-refractivity contribution in [2.24, 2.45) is 0 Å². The van der Waals surface area contributed by atoms with Crippen molar-refractivity contribution in [2.75, 3.05) is 11.9 Å². The summed E-state index contributed by atoms with van der Waals surface area (Å²) in [5.41, 5.74) is -2.30. The number of nitrogens with one attached hydrogen (secondary N) is 2. The van der Waals surface area contributed by atoms with Crippen LogP contribution in [0.5, 0.6) is 0 Å². The minimum Gasteiger partial charge on any atom is -0.323 e. The summed E-state index contributed by atoms with van der Waals surface area (Å²) in [6.45, 7) is 2.83. The summed E-state index contributed by atoms with van der Waals surface area (Å²) in [5, 5.41) is 4.67. The summed E-state index contributed by atoms with van der Waals surface area (Å²) < 4.78 is 38.3. The van der Waals surface area contributed by atoms with E-state index in [1.807, 2.05) is 0 Å². The Labute approximate surface area is 152 Å². The highest BCUT2D eigenvalue weighted by atomic mass is 35.5. The highest BCUT2D eigenvalue weighted by molar-refractivity contribution is 6.33. The molecule has 6 nitrogen and oxygen atoms in total. The van der Waals surface area contributed by atoms with E-state index in [1.54, 1.807) is 13.8 Å². The Morgan fingerprint density at radius 3 is 2.38 bits per heavy atom. The Morgan fingerprint density at radius 1 is 1.27 bits per heavy atom. The molecule has 0 unspecified atom stereocenters. The number of carbonyl (C=O) groups excluding carboxylic acids is 3. The average molecular weight is 392 g/mol.